The topological polar surface area (TPSA) is 54.0 Å². The Labute approximate surface area is 116 Å². The van der Waals surface area contributed by atoms with Crippen molar-refractivity contribution in [3.8, 4) is 0 Å². The molecule has 1 heterocycles. The summed E-state index contributed by atoms with van der Waals surface area (Å²) in [7, 11) is 0. The second-order valence-electron chi connectivity index (χ2n) is 5.09. The fourth-order valence-electron chi connectivity index (χ4n) is 2.05. The van der Waals surface area contributed by atoms with Crippen molar-refractivity contribution in [1.29, 1.82) is 0 Å². The Kier molecular flexibility index (Phi) is 6.50. The van der Waals surface area contributed by atoms with Crippen LogP contribution in [0, 0.1) is 0 Å². The van der Waals surface area contributed by atoms with Gasteiger partial charge < -0.3 is 5.32 Å². The lowest BCUT2D eigenvalue weighted by Crippen LogP contribution is -2.46. The lowest BCUT2D eigenvalue weighted by molar-refractivity contribution is -0.123. The van der Waals surface area contributed by atoms with Crippen LogP contribution >= 0.6 is 0 Å². The maximum atomic E-state index is 12.0. The Hall–Kier alpha value is -1.42. The van der Waals surface area contributed by atoms with E-state index in [1.165, 1.54) is 0 Å². The standard InChI is InChI=1S/C15H25N3O/c1-5-7-11(2)17-15(19)13(4)18-12(3)14-8-6-9-16-10-14/h6,8-13,18H,5,7H2,1-4H3,(H,17,19)/t11?,12-,13?/m1/s1. The molecule has 0 saturated heterocycles. The normalized spacial score (nSPS) is 15.6. The molecule has 2 N–H and O–H groups in total. The highest BCUT2D eigenvalue weighted by atomic mass is 16.2. The molecule has 19 heavy (non-hydrogen) atoms. The summed E-state index contributed by atoms with van der Waals surface area (Å²) in [5, 5.41) is 6.31. The van der Waals surface area contributed by atoms with Gasteiger partial charge in [-0.1, -0.05) is 19.4 Å². The van der Waals surface area contributed by atoms with Crippen molar-refractivity contribution in [3.63, 3.8) is 0 Å². The van der Waals surface area contributed by atoms with Gasteiger partial charge in [0.05, 0.1) is 6.04 Å². The van der Waals surface area contributed by atoms with Gasteiger partial charge in [-0.15, -0.1) is 0 Å². The summed E-state index contributed by atoms with van der Waals surface area (Å²) in [5.41, 5.74) is 1.09. The molecule has 0 saturated carbocycles. The predicted molar refractivity (Wildman–Crippen MR) is 77.8 cm³/mol. The van der Waals surface area contributed by atoms with Crippen molar-refractivity contribution >= 4 is 5.91 Å². The molecule has 106 valence electrons. The smallest absolute Gasteiger partial charge is 0.237 e. The third kappa shape index (κ3) is 5.39. The SMILES string of the molecule is CCCC(C)NC(=O)C(C)N[C@H](C)c1cccnc1. The number of carbonyl (C=O) groups is 1. The first-order valence-corrected chi connectivity index (χ1v) is 7.01. The van der Waals surface area contributed by atoms with E-state index in [0.29, 0.717) is 0 Å². The monoisotopic (exact) mass is 263 g/mol. The van der Waals surface area contributed by atoms with E-state index in [1.54, 1.807) is 6.20 Å². The van der Waals surface area contributed by atoms with E-state index in [9.17, 15) is 4.79 Å². The van der Waals surface area contributed by atoms with Crippen molar-refractivity contribution in [2.75, 3.05) is 0 Å². The largest absolute Gasteiger partial charge is 0.352 e. The van der Waals surface area contributed by atoms with Crippen LogP contribution in [0.5, 0.6) is 0 Å². The molecule has 4 nitrogen and oxygen atoms in total. The molecule has 0 bridgehead atoms. The Morgan fingerprint density at radius 1 is 1.37 bits per heavy atom. The fraction of sp³-hybridized carbons (Fsp3) is 0.600. The second kappa shape index (κ2) is 7.89. The minimum atomic E-state index is -0.213. The molecule has 1 aromatic rings. The van der Waals surface area contributed by atoms with Crippen LogP contribution in [0.4, 0.5) is 0 Å². The van der Waals surface area contributed by atoms with E-state index in [-0.39, 0.29) is 24.0 Å². The predicted octanol–water partition coefficient (Wildman–Crippen LogP) is 2.43. The van der Waals surface area contributed by atoms with Crippen LogP contribution in [0.1, 0.15) is 52.1 Å². The third-order valence-corrected chi connectivity index (χ3v) is 3.19. The van der Waals surface area contributed by atoms with Gasteiger partial charge in [0.25, 0.3) is 0 Å². The highest BCUT2D eigenvalue weighted by Crippen LogP contribution is 2.10. The van der Waals surface area contributed by atoms with Gasteiger partial charge in [-0.25, -0.2) is 0 Å². The third-order valence-electron chi connectivity index (χ3n) is 3.19. The number of amides is 1. The first kappa shape index (κ1) is 15.6. The van der Waals surface area contributed by atoms with Crippen molar-refractivity contribution in [1.82, 2.24) is 15.6 Å². The number of carbonyl (C=O) groups excluding carboxylic acids is 1. The Balaban J connectivity index is 2.45. The molecule has 1 rings (SSSR count). The van der Waals surface area contributed by atoms with Gasteiger partial charge in [0.15, 0.2) is 0 Å². The number of hydrogen-bond acceptors (Lipinski definition) is 3. The van der Waals surface area contributed by atoms with E-state index < -0.39 is 0 Å². The lowest BCUT2D eigenvalue weighted by atomic mass is 10.1. The number of rotatable bonds is 7. The molecule has 4 heteroatoms. The molecule has 0 aliphatic carbocycles. The molecule has 0 radical (unpaired) electrons. The van der Waals surface area contributed by atoms with Crippen LogP contribution in [0.25, 0.3) is 0 Å². The number of nitrogens with one attached hydrogen (secondary N) is 2. The van der Waals surface area contributed by atoms with Crippen LogP contribution in [0.2, 0.25) is 0 Å². The zero-order chi connectivity index (χ0) is 14.3. The molecule has 0 aromatic carbocycles. The Morgan fingerprint density at radius 3 is 2.68 bits per heavy atom. The van der Waals surface area contributed by atoms with Gasteiger partial charge >= 0.3 is 0 Å². The Bertz CT molecular complexity index is 380. The van der Waals surface area contributed by atoms with Crippen LogP contribution in [0.15, 0.2) is 24.5 Å². The van der Waals surface area contributed by atoms with Gasteiger partial charge in [-0.05, 0) is 38.8 Å². The zero-order valence-electron chi connectivity index (χ0n) is 12.3. The first-order valence-electron chi connectivity index (χ1n) is 7.01. The average molecular weight is 263 g/mol. The van der Waals surface area contributed by atoms with Gasteiger partial charge in [0.2, 0.25) is 5.91 Å². The summed E-state index contributed by atoms with van der Waals surface area (Å²) in [6.07, 6.45) is 5.66. The second-order valence-corrected chi connectivity index (χ2v) is 5.09. The average Bonchev–Trinajstić information content (AvgIpc) is 2.39. The fourth-order valence-corrected chi connectivity index (χ4v) is 2.05. The lowest BCUT2D eigenvalue weighted by Gasteiger charge is -2.21. The van der Waals surface area contributed by atoms with Crippen LogP contribution in [0.3, 0.4) is 0 Å². The van der Waals surface area contributed by atoms with Crippen molar-refractivity contribution in [2.24, 2.45) is 0 Å². The molecule has 0 fully saturated rings. The maximum Gasteiger partial charge on any atom is 0.237 e. The Morgan fingerprint density at radius 2 is 2.11 bits per heavy atom. The number of nitrogens with zero attached hydrogens (tertiary/aromatic N) is 1. The minimum Gasteiger partial charge on any atom is -0.352 e. The van der Waals surface area contributed by atoms with Crippen LogP contribution in [-0.2, 0) is 4.79 Å². The first-order chi connectivity index (χ1) is 9.04. The number of aromatic nitrogens is 1. The summed E-state index contributed by atoms with van der Waals surface area (Å²) >= 11 is 0. The molecule has 0 aliphatic rings. The van der Waals surface area contributed by atoms with Crippen LogP contribution in [-0.4, -0.2) is 23.0 Å². The molecule has 1 aromatic heterocycles. The molecule has 2 unspecified atom stereocenters. The van der Waals surface area contributed by atoms with E-state index in [2.05, 4.69) is 22.5 Å². The van der Waals surface area contributed by atoms with E-state index in [1.807, 2.05) is 39.1 Å². The minimum absolute atomic E-state index is 0.0525. The zero-order valence-corrected chi connectivity index (χ0v) is 12.3. The van der Waals surface area contributed by atoms with Crippen molar-refractivity contribution in [3.05, 3.63) is 30.1 Å². The maximum absolute atomic E-state index is 12.0. The summed E-state index contributed by atoms with van der Waals surface area (Å²) in [4.78, 5) is 16.1. The van der Waals surface area contributed by atoms with Crippen molar-refractivity contribution in [2.45, 2.75) is 58.7 Å². The van der Waals surface area contributed by atoms with Crippen LogP contribution < -0.4 is 10.6 Å². The van der Waals surface area contributed by atoms with Crippen molar-refractivity contribution < 1.29 is 4.79 Å². The summed E-state index contributed by atoms with van der Waals surface area (Å²) in [6, 6.07) is 4.04. The molecular weight excluding hydrogens is 238 g/mol. The molecule has 0 spiro atoms. The highest BCUT2D eigenvalue weighted by molar-refractivity contribution is 5.81. The van der Waals surface area contributed by atoms with Gasteiger partial charge in [0.1, 0.15) is 0 Å². The summed E-state index contributed by atoms with van der Waals surface area (Å²) in [5.74, 6) is 0.0525. The number of pyridine rings is 1. The summed E-state index contributed by atoms with van der Waals surface area (Å²) in [6.45, 7) is 8.09. The summed E-state index contributed by atoms with van der Waals surface area (Å²) < 4.78 is 0. The molecule has 3 atom stereocenters. The highest BCUT2D eigenvalue weighted by Gasteiger charge is 2.17. The van der Waals surface area contributed by atoms with E-state index in [0.717, 1.165) is 18.4 Å². The molecule has 0 aliphatic heterocycles. The molecule has 1 amide bonds. The number of hydrogen-bond donors (Lipinski definition) is 2. The van der Waals surface area contributed by atoms with E-state index in [4.69, 9.17) is 0 Å². The van der Waals surface area contributed by atoms with Gasteiger partial charge in [-0.3, -0.25) is 15.1 Å². The van der Waals surface area contributed by atoms with E-state index >= 15 is 0 Å². The molecular formula is C15H25N3O. The van der Waals surface area contributed by atoms with Gasteiger partial charge in [0, 0.05) is 24.5 Å². The quantitative estimate of drug-likeness (QED) is 0.794. The van der Waals surface area contributed by atoms with Gasteiger partial charge in [-0.2, -0.15) is 0 Å².